The summed E-state index contributed by atoms with van der Waals surface area (Å²) in [6, 6.07) is -1.14. The molecule has 1 rings (SSSR count). The molecule has 1 aliphatic rings. The number of allylic oxidation sites excluding steroid dienone is 7. The Morgan fingerprint density at radius 2 is 1.08 bits per heavy atom. The summed E-state index contributed by atoms with van der Waals surface area (Å²) >= 11 is 0. The van der Waals surface area contributed by atoms with Crippen LogP contribution in [-0.2, 0) is 28.9 Å². The van der Waals surface area contributed by atoms with Crippen molar-refractivity contribution in [2.75, 3.05) is 13.2 Å². The van der Waals surface area contributed by atoms with Crippen molar-refractivity contribution in [1.82, 2.24) is 5.32 Å². The minimum atomic E-state index is -5.13. The van der Waals surface area contributed by atoms with Gasteiger partial charge < -0.3 is 40.3 Å². The van der Waals surface area contributed by atoms with E-state index < -0.39 is 78.5 Å². The van der Waals surface area contributed by atoms with Crippen LogP contribution >= 0.6 is 0 Å². The average Bonchev–Trinajstić information content (AvgIpc) is 3.28. The number of ether oxygens (including phenoxy) is 2. The molecule has 0 aliphatic carbocycles. The van der Waals surface area contributed by atoms with Gasteiger partial charge in [0.2, 0.25) is 5.91 Å². The minimum Gasteiger partial charge on any atom is -0.394 e. The summed E-state index contributed by atoms with van der Waals surface area (Å²) in [4.78, 5) is 13.1. The van der Waals surface area contributed by atoms with Crippen LogP contribution in [0.3, 0.4) is 0 Å². The van der Waals surface area contributed by atoms with E-state index in [-0.39, 0.29) is 6.42 Å². The minimum absolute atomic E-state index is 0.223. The summed E-state index contributed by atoms with van der Waals surface area (Å²) in [5, 5.41) is 55.3. The SMILES string of the molecule is CCCCC/C=C\C/C=C\CCCCCCCCC(O)C(=O)NC(COC1OC(CO)C(O)C(OS(=O)(=O)O)C1O)C(O)/C=C/CC/C=C/CCCCCCCCCCCCCCCC. The van der Waals surface area contributed by atoms with E-state index in [1.54, 1.807) is 6.08 Å². The molecule has 380 valence electrons. The number of carbonyl (C=O) groups is 1. The van der Waals surface area contributed by atoms with Gasteiger partial charge in [-0.3, -0.25) is 9.35 Å². The van der Waals surface area contributed by atoms with E-state index in [1.807, 2.05) is 0 Å². The highest BCUT2D eigenvalue weighted by molar-refractivity contribution is 7.80. The number of nitrogens with one attached hydrogen (secondary N) is 1. The Morgan fingerprint density at radius 1 is 0.631 bits per heavy atom. The van der Waals surface area contributed by atoms with Crippen LogP contribution in [0, 0.1) is 0 Å². The van der Waals surface area contributed by atoms with Crippen molar-refractivity contribution in [1.29, 1.82) is 0 Å². The first-order chi connectivity index (χ1) is 31.4. The molecule has 14 heteroatoms. The third-order valence-electron chi connectivity index (χ3n) is 11.9. The summed E-state index contributed by atoms with van der Waals surface area (Å²) in [6.07, 6.45) is 39.0. The van der Waals surface area contributed by atoms with E-state index in [0.717, 1.165) is 70.6 Å². The number of hydrogen-bond donors (Lipinski definition) is 7. The van der Waals surface area contributed by atoms with Crippen molar-refractivity contribution in [2.24, 2.45) is 0 Å². The number of unbranched alkanes of at least 4 members (excludes halogenated alkanes) is 24. The highest BCUT2D eigenvalue weighted by atomic mass is 32.3. The van der Waals surface area contributed by atoms with Crippen LogP contribution in [0.4, 0.5) is 0 Å². The second kappa shape index (κ2) is 41.0. The third kappa shape index (κ3) is 33.2. The van der Waals surface area contributed by atoms with Gasteiger partial charge in [-0.2, -0.15) is 8.42 Å². The van der Waals surface area contributed by atoms with Gasteiger partial charge in [-0.05, 0) is 64.2 Å². The molecule has 1 saturated heterocycles. The predicted octanol–water partition coefficient (Wildman–Crippen LogP) is 9.80. The lowest BCUT2D eigenvalue weighted by Gasteiger charge is -2.41. The quantitative estimate of drug-likeness (QED) is 0.0173. The lowest BCUT2D eigenvalue weighted by molar-refractivity contribution is -0.298. The molecule has 0 aromatic rings. The fraction of sp³-hybridized carbons (Fsp3) is 0.824. The van der Waals surface area contributed by atoms with Gasteiger partial charge in [0, 0.05) is 0 Å². The van der Waals surface area contributed by atoms with E-state index in [4.69, 9.17) is 9.47 Å². The van der Waals surface area contributed by atoms with Gasteiger partial charge >= 0.3 is 10.4 Å². The molecule has 8 atom stereocenters. The molecule has 13 nitrogen and oxygen atoms in total. The van der Waals surface area contributed by atoms with Gasteiger partial charge in [0.05, 0.1) is 25.4 Å². The molecule has 0 aromatic carbocycles. The van der Waals surface area contributed by atoms with Crippen molar-refractivity contribution < 1.29 is 57.0 Å². The molecule has 1 aliphatic heterocycles. The maximum absolute atomic E-state index is 13.1. The smallest absolute Gasteiger partial charge is 0.394 e. The zero-order valence-corrected chi connectivity index (χ0v) is 41.2. The second-order valence-corrected chi connectivity index (χ2v) is 18.9. The second-order valence-electron chi connectivity index (χ2n) is 17.9. The van der Waals surface area contributed by atoms with Crippen LogP contribution in [0.2, 0.25) is 0 Å². The Hall–Kier alpha value is -1.98. The average molecular weight is 944 g/mol. The molecule has 8 unspecified atom stereocenters. The van der Waals surface area contributed by atoms with E-state index in [9.17, 15) is 43.3 Å². The zero-order chi connectivity index (χ0) is 47.8. The van der Waals surface area contributed by atoms with Gasteiger partial charge in [0.15, 0.2) is 6.29 Å². The van der Waals surface area contributed by atoms with Crippen LogP contribution in [0.1, 0.15) is 206 Å². The monoisotopic (exact) mass is 944 g/mol. The first-order valence-electron chi connectivity index (χ1n) is 25.6. The molecule has 1 fully saturated rings. The normalized spacial score (nSPS) is 21.0. The Morgan fingerprint density at radius 3 is 1.60 bits per heavy atom. The van der Waals surface area contributed by atoms with Crippen LogP contribution < -0.4 is 5.32 Å². The summed E-state index contributed by atoms with van der Waals surface area (Å²) in [5.41, 5.74) is 0. The molecule has 0 aromatic heterocycles. The van der Waals surface area contributed by atoms with Crippen molar-refractivity contribution in [3.05, 3.63) is 48.6 Å². The largest absolute Gasteiger partial charge is 0.397 e. The maximum atomic E-state index is 13.1. The number of aliphatic hydroxyl groups excluding tert-OH is 5. The first-order valence-corrected chi connectivity index (χ1v) is 27.0. The maximum Gasteiger partial charge on any atom is 0.397 e. The molecular formula is C51H93NO12S. The molecule has 0 bridgehead atoms. The van der Waals surface area contributed by atoms with Crippen LogP contribution in [0.5, 0.6) is 0 Å². The van der Waals surface area contributed by atoms with Crippen molar-refractivity contribution in [3.8, 4) is 0 Å². The number of amides is 1. The summed E-state index contributed by atoms with van der Waals surface area (Å²) < 4.78 is 47.6. The first kappa shape index (κ1) is 61.0. The van der Waals surface area contributed by atoms with Gasteiger partial charge in [0.25, 0.3) is 0 Å². The van der Waals surface area contributed by atoms with Gasteiger partial charge in [-0.15, -0.1) is 0 Å². The Kier molecular flexibility index (Phi) is 38.5. The van der Waals surface area contributed by atoms with Gasteiger partial charge in [0.1, 0.15) is 30.5 Å². The lowest BCUT2D eigenvalue weighted by Crippen LogP contribution is -2.61. The molecule has 0 spiro atoms. The van der Waals surface area contributed by atoms with Crippen molar-refractivity contribution in [3.63, 3.8) is 0 Å². The summed E-state index contributed by atoms with van der Waals surface area (Å²) in [6.45, 7) is 3.18. The molecule has 0 radical (unpaired) electrons. The Bertz CT molecular complexity index is 1360. The molecule has 1 heterocycles. The number of rotatable bonds is 43. The summed E-state index contributed by atoms with van der Waals surface area (Å²) in [5.74, 6) is -0.721. The lowest BCUT2D eigenvalue weighted by atomic mass is 9.99. The highest BCUT2D eigenvalue weighted by Crippen LogP contribution is 2.26. The Balaban J connectivity index is 2.56. The molecule has 0 saturated carbocycles. The standard InChI is InChI=1S/C51H93NO12S/c1-3-5-7-9-11-13-15-17-19-21-22-23-24-26-27-29-31-33-35-37-39-44(54)43(42-62-51-48(57)49(64-65(59,60)61)47(56)46(41-53)63-51)52-50(58)45(55)40-38-36-34-32-30-28-25-20-18-16-14-12-10-8-6-4-2/h12,14,18,20,29,31,37,39,43-49,51,53-57H,3-11,13,15-17,19,21-28,30,32-36,38,40-42H2,1-2H3,(H,52,58)(H,59,60,61)/b14-12-,20-18-,31-29+,39-37+. The highest BCUT2D eigenvalue weighted by Gasteiger charge is 2.48. The third-order valence-corrected chi connectivity index (χ3v) is 12.4. The molecule has 7 N–H and O–H groups in total. The fourth-order valence-corrected chi connectivity index (χ4v) is 8.37. The summed E-state index contributed by atoms with van der Waals surface area (Å²) in [7, 11) is -5.13. The van der Waals surface area contributed by atoms with Crippen LogP contribution in [0.25, 0.3) is 0 Å². The van der Waals surface area contributed by atoms with Gasteiger partial charge in [-0.25, -0.2) is 4.18 Å². The van der Waals surface area contributed by atoms with Crippen LogP contribution in [0.15, 0.2) is 48.6 Å². The van der Waals surface area contributed by atoms with Crippen LogP contribution in [-0.4, -0.2) is 107 Å². The van der Waals surface area contributed by atoms with E-state index in [1.165, 1.54) is 109 Å². The number of carbonyl (C=O) groups excluding carboxylic acids is 1. The molecule has 1 amide bonds. The van der Waals surface area contributed by atoms with E-state index in [2.05, 4.69) is 59.8 Å². The molecule has 65 heavy (non-hydrogen) atoms. The number of hydrogen-bond acceptors (Lipinski definition) is 11. The molecular weight excluding hydrogens is 851 g/mol. The van der Waals surface area contributed by atoms with E-state index in [0.29, 0.717) is 12.8 Å². The zero-order valence-electron chi connectivity index (χ0n) is 40.4. The predicted molar refractivity (Wildman–Crippen MR) is 260 cm³/mol. The van der Waals surface area contributed by atoms with Crippen molar-refractivity contribution in [2.45, 2.75) is 255 Å². The van der Waals surface area contributed by atoms with Crippen molar-refractivity contribution >= 4 is 16.3 Å². The van der Waals surface area contributed by atoms with Gasteiger partial charge in [-0.1, -0.05) is 191 Å². The topological polar surface area (TPSA) is 212 Å². The number of aliphatic hydroxyl groups is 5. The van der Waals surface area contributed by atoms with E-state index >= 15 is 0 Å². The fourth-order valence-electron chi connectivity index (χ4n) is 7.86. The Labute approximate surface area is 394 Å².